The van der Waals surface area contributed by atoms with Gasteiger partial charge in [0.15, 0.2) is 11.3 Å². The van der Waals surface area contributed by atoms with E-state index in [-0.39, 0.29) is 36.1 Å². The van der Waals surface area contributed by atoms with Crippen LogP contribution in [-0.4, -0.2) is 46.2 Å². The lowest BCUT2D eigenvalue weighted by atomic mass is 9.90. The summed E-state index contributed by atoms with van der Waals surface area (Å²) in [5.74, 6) is -1.35. The molecule has 2 aromatic carbocycles. The molecule has 1 atom stereocenters. The van der Waals surface area contributed by atoms with Gasteiger partial charge in [-0.05, 0) is 49.6 Å². The maximum absolute atomic E-state index is 13.2. The van der Waals surface area contributed by atoms with E-state index >= 15 is 0 Å². The molecular weight excluding hydrogens is 495 g/mol. The molecule has 1 aromatic heterocycles. The molecular formula is C25H24F3N3O6. The van der Waals surface area contributed by atoms with Crippen molar-refractivity contribution in [2.24, 2.45) is 0 Å². The van der Waals surface area contributed by atoms with E-state index in [1.54, 1.807) is 6.07 Å². The predicted molar refractivity (Wildman–Crippen MR) is 124 cm³/mol. The van der Waals surface area contributed by atoms with Crippen LogP contribution in [0.25, 0.3) is 11.0 Å². The molecule has 196 valence electrons. The van der Waals surface area contributed by atoms with E-state index < -0.39 is 35.3 Å². The highest BCUT2D eigenvalue weighted by Crippen LogP contribution is 2.38. The number of carboxylic acids is 1. The van der Waals surface area contributed by atoms with Crippen molar-refractivity contribution >= 4 is 28.9 Å². The van der Waals surface area contributed by atoms with Crippen molar-refractivity contribution in [2.45, 2.75) is 44.8 Å². The number of carboxylic acid groups (broad SMARTS) is 1. The first-order valence-corrected chi connectivity index (χ1v) is 11.6. The minimum Gasteiger partial charge on any atom is -0.493 e. The minimum absolute atomic E-state index is 0.0124. The number of nitrogens with zero attached hydrogens (tertiary/aromatic N) is 2. The highest BCUT2D eigenvalue weighted by atomic mass is 19.4. The zero-order chi connectivity index (χ0) is 27.0. The van der Waals surface area contributed by atoms with Crippen molar-refractivity contribution in [2.75, 3.05) is 13.2 Å². The van der Waals surface area contributed by atoms with Crippen LogP contribution < -0.4 is 10.1 Å². The van der Waals surface area contributed by atoms with Gasteiger partial charge in [0.1, 0.15) is 11.3 Å². The molecule has 0 spiro atoms. The van der Waals surface area contributed by atoms with E-state index in [9.17, 15) is 32.7 Å². The maximum Gasteiger partial charge on any atom is 0.437 e. The Hall–Kier alpha value is -4.09. The summed E-state index contributed by atoms with van der Waals surface area (Å²) in [4.78, 5) is 38.0. The van der Waals surface area contributed by atoms with Crippen LogP contribution in [0.5, 0.6) is 5.75 Å². The average Bonchev–Trinajstić information content (AvgIpc) is 3.38. The van der Waals surface area contributed by atoms with E-state index in [4.69, 9.17) is 9.26 Å². The molecule has 3 amide bonds. The molecule has 1 aliphatic heterocycles. The number of ether oxygens (including phenoxy) is 1. The highest BCUT2D eigenvalue weighted by Gasteiger charge is 2.48. The van der Waals surface area contributed by atoms with Gasteiger partial charge in [-0.1, -0.05) is 30.6 Å². The number of amides is 3. The number of aromatic nitrogens is 1. The number of aromatic carboxylic acids is 1. The second-order valence-corrected chi connectivity index (χ2v) is 8.80. The standard InChI is InChI=1S/C25H24F3N3O6/c1-3-6-16-18(10-9-17-19(16)37-30-20(17)25(26,27)28)36-12-5-11-31-22(34)24(2,29-23(31)35)15-8-4-7-14(13-15)21(32)33/h4,7-10,13H,3,5-6,11-12H2,1-2H3,(H,29,35)(H,32,33). The van der Waals surface area contributed by atoms with Crippen LogP contribution in [0.3, 0.4) is 0 Å². The van der Waals surface area contributed by atoms with Crippen LogP contribution in [0.15, 0.2) is 40.9 Å². The zero-order valence-electron chi connectivity index (χ0n) is 20.0. The third-order valence-electron chi connectivity index (χ3n) is 6.21. The Morgan fingerprint density at radius 2 is 2.00 bits per heavy atom. The van der Waals surface area contributed by atoms with Crippen LogP contribution in [0.2, 0.25) is 0 Å². The Kier molecular flexibility index (Phi) is 6.85. The normalized spacial score (nSPS) is 17.9. The molecule has 3 aromatic rings. The van der Waals surface area contributed by atoms with E-state index in [1.807, 2.05) is 6.92 Å². The number of hydrogen-bond acceptors (Lipinski definition) is 6. The van der Waals surface area contributed by atoms with E-state index in [0.717, 1.165) is 4.90 Å². The fourth-order valence-electron chi connectivity index (χ4n) is 4.33. The number of aryl methyl sites for hydroxylation is 1. The van der Waals surface area contributed by atoms with Crippen molar-refractivity contribution in [3.63, 3.8) is 0 Å². The summed E-state index contributed by atoms with van der Waals surface area (Å²) in [6.07, 6.45) is -3.37. The van der Waals surface area contributed by atoms with Gasteiger partial charge in [-0.25, -0.2) is 9.59 Å². The SMILES string of the molecule is CCCc1c(OCCCN2C(=O)NC(C)(c3cccc(C(=O)O)c3)C2=O)ccc2c(C(F)(F)F)noc12. The van der Waals surface area contributed by atoms with Crippen molar-refractivity contribution in [1.29, 1.82) is 0 Å². The number of rotatable bonds is 9. The lowest BCUT2D eigenvalue weighted by Crippen LogP contribution is -2.41. The van der Waals surface area contributed by atoms with E-state index in [0.29, 0.717) is 29.7 Å². The summed E-state index contributed by atoms with van der Waals surface area (Å²) in [5.41, 5.74) is -1.72. The third-order valence-corrected chi connectivity index (χ3v) is 6.21. The van der Waals surface area contributed by atoms with Crippen molar-refractivity contribution < 1.29 is 41.9 Å². The van der Waals surface area contributed by atoms with Crippen molar-refractivity contribution in [1.82, 2.24) is 15.4 Å². The van der Waals surface area contributed by atoms with Crippen LogP contribution in [-0.2, 0) is 22.9 Å². The summed E-state index contributed by atoms with van der Waals surface area (Å²) >= 11 is 0. The fourth-order valence-corrected chi connectivity index (χ4v) is 4.33. The first-order chi connectivity index (χ1) is 17.5. The number of hydrogen-bond donors (Lipinski definition) is 2. The molecule has 0 saturated carbocycles. The van der Waals surface area contributed by atoms with E-state index in [2.05, 4.69) is 10.5 Å². The van der Waals surface area contributed by atoms with Crippen molar-refractivity contribution in [3.8, 4) is 5.75 Å². The van der Waals surface area contributed by atoms with E-state index in [1.165, 1.54) is 37.3 Å². The van der Waals surface area contributed by atoms with Crippen LogP contribution in [0, 0.1) is 0 Å². The molecule has 0 aliphatic carbocycles. The molecule has 37 heavy (non-hydrogen) atoms. The van der Waals surface area contributed by atoms with Gasteiger partial charge in [0.2, 0.25) is 0 Å². The number of urea groups is 1. The fraction of sp³-hybridized carbons (Fsp3) is 0.360. The number of alkyl halides is 3. The van der Waals surface area contributed by atoms with Gasteiger partial charge in [-0.3, -0.25) is 9.69 Å². The lowest BCUT2D eigenvalue weighted by Gasteiger charge is -2.22. The maximum atomic E-state index is 13.2. The van der Waals surface area contributed by atoms with Crippen LogP contribution in [0.1, 0.15) is 53.9 Å². The van der Waals surface area contributed by atoms with Crippen LogP contribution in [0.4, 0.5) is 18.0 Å². The average molecular weight is 519 g/mol. The van der Waals surface area contributed by atoms with Gasteiger partial charge >= 0.3 is 18.2 Å². The number of nitrogens with one attached hydrogen (secondary N) is 1. The molecule has 0 bridgehead atoms. The Morgan fingerprint density at radius 1 is 1.24 bits per heavy atom. The zero-order valence-corrected chi connectivity index (χ0v) is 20.0. The Morgan fingerprint density at radius 3 is 2.68 bits per heavy atom. The minimum atomic E-state index is -4.65. The Labute approximate surface area is 209 Å². The summed E-state index contributed by atoms with van der Waals surface area (Å²) in [5, 5.41) is 14.9. The molecule has 9 nitrogen and oxygen atoms in total. The number of imide groups is 1. The summed E-state index contributed by atoms with van der Waals surface area (Å²) in [6.45, 7) is 3.46. The molecule has 2 N–H and O–H groups in total. The van der Waals surface area contributed by atoms with Crippen molar-refractivity contribution in [3.05, 3.63) is 58.8 Å². The predicted octanol–water partition coefficient (Wildman–Crippen LogP) is 4.73. The highest BCUT2D eigenvalue weighted by molar-refractivity contribution is 6.07. The van der Waals surface area contributed by atoms with Gasteiger partial charge in [0, 0.05) is 12.1 Å². The Bertz CT molecular complexity index is 1370. The molecule has 1 unspecified atom stereocenters. The first kappa shape index (κ1) is 26.0. The number of halogens is 3. The molecule has 4 rings (SSSR count). The second kappa shape index (κ2) is 9.75. The van der Waals surface area contributed by atoms with Gasteiger partial charge in [-0.2, -0.15) is 13.2 Å². The monoisotopic (exact) mass is 519 g/mol. The lowest BCUT2D eigenvalue weighted by molar-refractivity contribution is -0.141. The topological polar surface area (TPSA) is 122 Å². The quantitative estimate of drug-likeness (QED) is 0.310. The summed E-state index contributed by atoms with van der Waals surface area (Å²) < 4.78 is 50.4. The largest absolute Gasteiger partial charge is 0.493 e. The Balaban J connectivity index is 1.44. The van der Waals surface area contributed by atoms with Crippen LogP contribution >= 0.6 is 0 Å². The van der Waals surface area contributed by atoms with Gasteiger partial charge in [0.05, 0.1) is 17.6 Å². The summed E-state index contributed by atoms with van der Waals surface area (Å²) in [7, 11) is 0. The number of carbonyl (C=O) groups excluding carboxylic acids is 2. The molecule has 12 heteroatoms. The molecule has 2 heterocycles. The third kappa shape index (κ3) is 4.83. The van der Waals surface area contributed by atoms with Gasteiger partial charge in [-0.15, -0.1) is 0 Å². The molecule has 1 saturated heterocycles. The number of benzene rings is 2. The molecule has 1 fully saturated rings. The number of carbonyl (C=O) groups is 3. The smallest absolute Gasteiger partial charge is 0.437 e. The first-order valence-electron chi connectivity index (χ1n) is 11.6. The molecule has 1 aliphatic rings. The number of fused-ring (bicyclic) bond motifs is 1. The van der Waals surface area contributed by atoms with Gasteiger partial charge < -0.3 is 19.7 Å². The van der Waals surface area contributed by atoms with Gasteiger partial charge in [0.25, 0.3) is 5.91 Å². The summed E-state index contributed by atoms with van der Waals surface area (Å²) in [6, 6.07) is 7.84. The second-order valence-electron chi connectivity index (χ2n) is 8.80. The molecule has 0 radical (unpaired) electrons.